The summed E-state index contributed by atoms with van der Waals surface area (Å²) in [6.45, 7) is 4.17. The number of carbonyl (C=O) groups excluding carboxylic acids is 2. The largest absolute Gasteiger partial charge is 0.756 e. The van der Waals surface area contributed by atoms with Gasteiger partial charge in [-0.05, 0) is 51.4 Å². The lowest BCUT2D eigenvalue weighted by molar-refractivity contribution is -0.870. The van der Waals surface area contributed by atoms with Crippen molar-refractivity contribution in [2.75, 3.05) is 47.5 Å². The highest BCUT2D eigenvalue weighted by molar-refractivity contribution is 7.45. The lowest BCUT2D eigenvalue weighted by Crippen LogP contribution is -2.37. The van der Waals surface area contributed by atoms with Crippen molar-refractivity contribution in [3.8, 4) is 0 Å². The second-order valence-corrected chi connectivity index (χ2v) is 23.1. The van der Waals surface area contributed by atoms with E-state index >= 15 is 0 Å². The fourth-order valence-corrected chi connectivity index (χ4v) is 9.44. The molecule has 0 saturated carbocycles. The van der Waals surface area contributed by atoms with Gasteiger partial charge in [0, 0.05) is 12.8 Å². The summed E-state index contributed by atoms with van der Waals surface area (Å²) >= 11 is 0. The molecule has 0 fully saturated rings. The average molecular weight is 1030 g/mol. The number of carbonyl (C=O) groups is 2. The third kappa shape index (κ3) is 57.3. The predicted octanol–water partition coefficient (Wildman–Crippen LogP) is 18.3. The van der Waals surface area contributed by atoms with E-state index in [9.17, 15) is 19.0 Å². The molecule has 10 heteroatoms. The molecule has 0 rings (SSSR count). The topological polar surface area (TPSA) is 111 Å². The van der Waals surface area contributed by atoms with E-state index in [2.05, 4.69) is 62.5 Å². The van der Waals surface area contributed by atoms with Gasteiger partial charge >= 0.3 is 11.9 Å². The monoisotopic (exact) mass is 1030 g/mol. The molecule has 0 amide bonds. The zero-order valence-electron chi connectivity index (χ0n) is 47.9. The van der Waals surface area contributed by atoms with Crippen LogP contribution in [0.15, 0.2) is 48.6 Å². The third-order valence-corrected chi connectivity index (χ3v) is 14.3. The van der Waals surface area contributed by atoms with E-state index < -0.39 is 26.5 Å². The number of hydrogen-bond donors (Lipinski definition) is 0. The molecule has 0 aliphatic rings. The van der Waals surface area contributed by atoms with Crippen LogP contribution in [0.4, 0.5) is 0 Å². The maximum absolute atomic E-state index is 12.8. The number of rotatable bonds is 56. The predicted molar refractivity (Wildman–Crippen MR) is 305 cm³/mol. The van der Waals surface area contributed by atoms with Crippen LogP contribution in [0, 0.1) is 0 Å². The highest BCUT2D eigenvalue weighted by atomic mass is 31.2. The lowest BCUT2D eigenvalue weighted by Gasteiger charge is -2.28. The third-order valence-electron chi connectivity index (χ3n) is 13.4. The van der Waals surface area contributed by atoms with Crippen LogP contribution in [0.3, 0.4) is 0 Å². The Kier molecular flexibility index (Phi) is 52.3. The van der Waals surface area contributed by atoms with Gasteiger partial charge in [-0.1, -0.05) is 268 Å². The van der Waals surface area contributed by atoms with Gasteiger partial charge in [-0.2, -0.15) is 0 Å². The molecule has 0 spiro atoms. The normalized spacial score (nSPS) is 13.6. The van der Waals surface area contributed by atoms with E-state index in [4.69, 9.17) is 18.5 Å². The number of esters is 2. The molecule has 422 valence electrons. The van der Waals surface area contributed by atoms with Crippen LogP contribution in [0.25, 0.3) is 0 Å². The molecule has 0 aliphatic carbocycles. The summed E-state index contributed by atoms with van der Waals surface area (Å²) in [4.78, 5) is 37.9. The number of allylic oxidation sites excluding steroid dienone is 8. The number of hydrogen-bond acceptors (Lipinski definition) is 8. The fraction of sp³-hybridized carbons (Fsp3) is 0.839. The first kappa shape index (κ1) is 70.0. The molecule has 2 atom stereocenters. The Bertz CT molecular complexity index is 1360. The zero-order chi connectivity index (χ0) is 52.7. The van der Waals surface area contributed by atoms with Crippen molar-refractivity contribution in [2.24, 2.45) is 0 Å². The number of ether oxygens (including phenoxy) is 2. The van der Waals surface area contributed by atoms with Gasteiger partial charge in [0.05, 0.1) is 27.7 Å². The molecule has 0 saturated heterocycles. The zero-order valence-corrected chi connectivity index (χ0v) is 48.8. The van der Waals surface area contributed by atoms with Crippen molar-refractivity contribution in [1.82, 2.24) is 0 Å². The maximum atomic E-state index is 12.8. The minimum Gasteiger partial charge on any atom is -0.756 e. The van der Waals surface area contributed by atoms with Crippen molar-refractivity contribution in [3.05, 3.63) is 48.6 Å². The van der Waals surface area contributed by atoms with Crippen molar-refractivity contribution < 1.29 is 42.1 Å². The molecule has 0 aliphatic heterocycles. The Morgan fingerprint density at radius 1 is 0.444 bits per heavy atom. The summed E-state index contributed by atoms with van der Waals surface area (Å²) < 4.78 is 34.2. The van der Waals surface area contributed by atoms with Crippen LogP contribution < -0.4 is 4.89 Å². The summed E-state index contributed by atoms with van der Waals surface area (Å²) in [7, 11) is 1.18. The van der Waals surface area contributed by atoms with Gasteiger partial charge in [0.25, 0.3) is 7.82 Å². The fourth-order valence-electron chi connectivity index (χ4n) is 8.71. The van der Waals surface area contributed by atoms with E-state index in [1.54, 1.807) is 0 Å². The van der Waals surface area contributed by atoms with Gasteiger partial charge in [0.2, 0.25) is 0 Å². The first-order valence-corrected chi connectivity index (χ1v) is 31.8. The average Bonchev–Trinajstić information content (AvgIpc) is 3.34. The number of quaternary nitrogens is 1. The SMILES string of the molecule is CC/C=C\C/C=C\C/C=C\C/C=C\CCCCCCCCCCCCCCCCCCC(=O)OC(COC(=O)CCCCCCCCCCCCCCCCCCCCC)COP(=O)([O-])OCC[N+](C)(C)C. The minimum absolute atomic E-state index is 0.0290. The number of unbranched alkanes of at least 4 members (excludes halogenated alkanes) is 34. The molecule has 0 heterocycles. The quantitative estimate of drug-likeness (QED) is 0.0195. The van der Waals surface area contributed by atoms with Crippen LogP contribution in [0.2, 0.25) is 0 Å². The van der Waals surface area contributed by atoms with Crippen molar-refractivity contribution in [2.45, 2.75) is 290 Å². The van der Waals surface area contributed by atoms with Gasteiger partial charge in [-0.25, -0.2) is 0 Å². The lowest BCUT2D eigenvalue weighted by atomic mass is 10.0. The Morgan fingerprint density at radius 2 is 0.792 bits per heavy atom. The molecular weight excluding hydrogens is 918 g/mol. The first-order chi connectivity index (χ1) is 35.0. The van der Waals surface area contributed by atoms with Gasteiger partial charge in [0.1, 0.15) is 19.8 Å². The number of likely N-dealkylation sites (N-methyl/N-ethyl adjacent to an activating group) is 1. The molecule has 72 heavy (non-hydrogen) atoms. The molecular formula is C62H116NO8P. The van der Waals surface area contributed by atoms with E-state index in [1.807, 2.05) is 21.1 Å². The molecule has 0 aromatic rings. The van der Waals surface area contributed by atoms with Crippen molar-refractivity contribution in [1.29, 1.82) is 0 Å². The smallest absolute Gasteiger partial charge is 0.306 e. The molecule has 0 aromatic carbocycles. The van der Waals surface area contributed by atoms with E-state index in [0.29, 0.717) is 17.4 Å². The van der Waals surface area contributed by atoms with Gasteiger partial charge in [-0.15, -0.1) is 0 Å². The molecule has 0 N–H and O–H groups in total. The van der Waals surface area contributed by atoms with E-state index in [-0.39, 0.29) is 32.0 Å². The van der Waals surface area contributed by atoms with Gasteiger partial charge < -0.3 is 27.9 Å². The Balaban J connectivity index is 4.08. The molecule has 2 unspecified atom stereocenters. The van der Waals surface area contributed by atoms with Crippen LogP contribution >= 0.6 is 7.82 Å². The van der Waals surface area contributed by atoms with Crippen LogP contribution in [0.5, 0.6) is 0 Å². The molecule has 0 aromatic heterocycles. The molecule has 9 nitrogen and oxygen atoms in total. The molecule has 0 radical (unpaired) electrons. The summed E-state index contributed by atoms with van der Waals surface area (Å²) in [6, 6.07) is 0. The van der Waals surface area contributed by atoms with Crippen LogP contribution in [-0.4, -0.2) is 70.0 Å². The van der Waals surface area contributed by atoms with Crippen LogP contribution in [0.1, 0.15) is 284 Å². The summed E-state index contributed by atoms with van der Waals surface area (Å²) in [5, 5.41) is 0. The van der Waals surface area contributed by atoms with Crippen molar-refractivity contribution >= 4 is 19.8 Å². The highest BCUT2D eigenvalue weighted by Gasteiger charge is 2.22. The first-order valence-electron chi connectivity index (χ1n) is 30.3. The minimum atomic E-state index is -4.63. The Morgan fingerprint density at radius 3 is 1.18 bits per heavy atom. The van der Waals surface area contributed by atoms with E-state index in [0.717, 1.165) is 64.2 Å². The molecule has 0 bridgehead atoms. The number of phosphoric acid groups is 1. The van der Waals surface area contributed by atoms with Crippen molar-refractivity contribution in [3.63, 3.8) is 0 Å². The summed E-state index contributed by atoms with van der Waals surface area (Å²) in [5.74, 6) is -0.818. The summed E-state index contributed by atoms with van der Waals surface area (Å²) in [6.07, 6.45) is 67.3. The van der Waals surface area contributed by atoms with Gasteiger partial charge in [-0.3, -0.25) is 14.2 Å². The Labute approximate surface area is 445 Å². The maximum Gasteiger partial charge on any atom is 0.306 e. The number of phosphoric ester groups is 1. The second kappa shape index (κ2) is 53.8. The standard InChI is InChI=1S/C62H116NO8P/c1-6-8-10-12-14-16-18-20-22-24-26-27-28-29-30-31-32-33-34-35-37-39-41-43-45-47-49-51-53-55-62(65)71-60(59-70-72(66,67)69-57-56-63(3,4)5)58-68-61(64)54-52-50-48-46-44-42-40-38-36-25-23-21-19-17-15-13-11-9-7-2/h8,10,14,16,20,22,26-27,60H,6-7,9,11-13,15,17-19,21,23-25,28-59H2,1-5H3/b10-8-,16-14-,22-20-,27-26-. The Hall–Kier alpha value is -2.03. The van der Waals surface area contributed by atoms with Gasteiger partial charge in [0.15, 0.2) is 6.10 Å². The van der Waals surface area contributed by atoms with Crippen LogP contribution in [-0.2, 0) is 32.7 Å². The second-order valence-electron chi connectivity index (χ2n) is 21.7. The highest BCUT2D eigenvalue weighted by Crippen LogP contribution is 2.38. The summed E-state index contributed by atoms with van der Waals surface area (Å²) in [5.41, 5.74) is 0. The number of nitrogens with zero attached hydrogens (tertiary/aromatic N) is 1. The van der Waals surface area contributed by atoms with E-state index in [1.165, 1.54) is 186 Å².